The van der Waals surface area contributed by atoms with Crippen molar-refractivity contribution in [3.63, 3.8) is 0 Å². The van der Waals surface area contributed by atoms with Crippen molar-refractivity contribution in [1.29, 1.82) is 0 Å². The Morgan fingerprint density at radius 1 is 1.33 bits per heavy atom. The first kappa shape index (κ1) is 14.0. The highest BCUT2D eigenvalue weighted by Crippen LogP contribution is 2.24. The van der Waals surface area contributed by atoms with Crippen molar-refractivity contribution in [2.45, 2.75) is 13.2 Å². The van der Waals surface area contributed by atoms with Crippen molar-refractivity contribution in [2.75, 3.05) is 7.05 Å². The number of hydrogen-bond donors (Lipinski definition) is 1. The molecule has 7 heteroatoms. The predicted octanol–water partition coefficient (Wildman–Crippen LogP) is 2.97. The molecule has 4 nitrogen and oxygen atoms in total. The molecule has 0 atom stereocenters. The largest absolute Gasteiger partial charge is 0.481 e. The van der Waals surface area contributed by atoms with Gasteiger partial charge in [0.1, 0.15) is 6.61 Å². The summed E-state index contributed by atoms with van der Waals surface area (Å²) in [7, 11) is 1.71. The molecule has 3 rings (SSSR count). The summed E-state index contributed by atoms with van der Waals surface area (Å²) < 4.78 is 34.8. The lowest BCUT2D eigenvalue weighted by molar-refractivity contribution is 0.270. The third kappa shape index (κ3) is 2.88. The van der Waals surface area contributed by atoms with Crippen molar-refractivity contribution < 1.29 is 13.5 Å². The Morgan fingerprint density at radius 3 is 2.76 bits per heavy atom. The van der Waals surface area contributed by atoms with E-state index in [1.54, 1.807) is 13.2 Å². The predicted molar refractivity (Wildman–Crippen MR) is 76.5 cm³/mol. The van der Waals surface area contributed by atoms with Crippen LogP contribution in [0.25, 0.3) is 4.96 Å². The molecule has 0 aliphatic heterocycles. The van der Waals surface area contributed by atoms with Crippen LogP contribution in [0, 0.1) is 11.6 Å². The number of ether oxygens (including phenoxy) is 1. The summed E-state index contributed by atoms with van der Waals surface area (Å²) in [5, 5.41) is 4.75. The molecule has 2 heterocycles. The summed E-state index contributed by atoms with van der Waals surface area (Å²) >= 11 is 1.48. The number of aromatic nitrogens is 2. The van der Waals surface area contributed by atoms with Crippen molar-refractivity contribution in [1.82, 2.24) is 14.7 Å². The molecule has 0 bridgehead atoms. The molecule has 0 unspecified atom stereocenters. The number of nitrogens with zero attached hydrogens (tertiary/aromatic N) is 2. The zero-order valence-corrected chi connectivity index (χ0v) is 12.1. The lowest BCUT2D eigenvalue weighted by Crippen LogP contribution is -2.07. The molecule has 21 heavy (non-hydrogen) atoms. The van der Waals surface area contributed by atoms with Gasteiger partial charge in [-0.1, -0.05) is 0 Å². The second kappa shape index (κ2) is 5.79. The average molecular weight is 309 g/mol. The number of hydrogen-bond acceptors (Lipinski definition) is 4. The fraction of sp³-hybridized carbons (Fsp3) is 0.214. The molecule has 2 aromatic heterocycles. The van der Waals surface area contributed by atoms with Gasteiger partial charge in [0.25, 0.3) is 0 Å². The van der Waals surface area contributed by atoms with E-state index in [0.717, 1.165) is 4.96 Å². The Balaban J connectivity index is 1.76. The van der Waals surface area contributed by atoms with Gasteiger partial charge in [0.15, 0.2) is 22.3 Å². The summed E-state index contributed by atoms with van der Waals surface area (Å²) in [6, 6.07) is 2.53. The van der Waals surface area contributed by atoms with Gasteiger partial charge in [0, 0.05) is 24.3 Å². The van der Waals surface area contributed by atoms with Gasteiger partial charge in [0.2, 0.25) is 0 Å². The van der Waals surface area contributed by atoms with Crippen LogP contribution < -0.4 is 10.1 Å². The maximum Gasteiger partial charge on any atom is 0.193 e. The number of benzene rings is 1. The lowest BCUT2D eigenvalue weighted by atomic mass is 10.2. The average Bonchev–Trinajstić information content (AvgIpc) is 2.98. The van der Waals surface area contributed by atoms with Gasteiger partial charge in [-0.15, -0.1) is 11.3 Å². The molecular formula is C14H13F2N3OS. The minimum atomic E-state index is -0.707. The molecule has 0 radical (unpaired) electrons. The quantitative estimate of drug-likeness (QED) is 0.787. The summed E-state index contributed by atoms with van der Waals surface area (Å²) in [5.41, 5.74) is 1.15. The van der Waals surface area contributed by atoms with Crippen LogP contribution in [0.15, 0.2) is 29.9 Å². The van der Waals surface area contributed by atoms with Crippen LogP contribution in [-0.4, -0.2) is 16.4 Å². The van der Waals surface area contributed by atoms with Crippen LogP contribution in [0.2, 0.25) is 0 Å². The summed E-state index contributed by atoms with van der Waals surface area (Å²) in [6.07, 6.45) is 3.64. The Morgan fingerprint density at radius 2 is 2.10 bits per heavy atom. The Kier molecular flexibility index (Phi) is 3.85. The number of nitrogens with one attached hydrogen (secondary N) is 1. The summed E-state index contributed by atoms with van der Waals surface area (Å²) in [4.78, 5) is 5.11. The SMILES string of the molecule is CNCc1cc(F)c(OCc2cn3ccsc3n2)c(F)c1. The monoisotopic (exact) mass is 309 g/mol. The highest BCUT2D eigenvalue weighted by Gasteiger charge is 2.13. The number of rotatable bonds is 5. The van der Waals surface area contributed by atoms with Gasteiger partial charge >= 0.3 is 0 Å². The molecule has 0 amide bonds. The van der Waals surface area contributed by atoms with E-state index in [4.69, 9.17) is 4.74 Å². The van der Waals surface area contributed by atoms with Gasteiger partial charge in [-0.3, -0.25) is 4.40 Å². The molecule has 110 valence electrons. The van der Waals surface area contributed by atoms with Crippen LogP contribution >= 0.6 is 11.3 Å². The van der Waals surface area contributed by atoms with Crippen LogP contribution in [-0.2, 0) is 13.2 Å². The smallest absolute Gasteiger partial charge is 0.193 e. The van der Waals surface area contributed by atoms with Crippen LogP contribution in [0.5, 0.6) is 5.75 Å². The number of imidazole rings is 1. The van der Waals surface area contributed by atoms with Gasteiger partial charge in [0.05, 0.1) is 5.69 Å². The van der Waals surface area contributed by atoms with Gasteiger partial charge in [-0.2, -0.15) is 0 Å². The fourth-order valence-corrected chi connectivity index (χ4v) is 2.77. The molecule has 0 aliphatic carbocycles. The van der Waals surface area contributed by atoms with Gasteiger partial charge < -0.3 is 10.1 Å². The van der Waals surface area contributed by atoms with E-state index in [9.17, 15) is 8.78 Å². The van der Waals surface area contributed by atoms with E-state index in [1.165, 1.54) is 23.5 Å². The standard InChI is InChI=1S/C14H13F2N3OS/c1-17-6-9-4-11(15)13(12(16)5-9)20-8-10-7-19-2-3-21-14(19)18-10/h2-5,7,17H,6,8H2,1H3. The summed E-state index contributed by atoms with van der Waals surface area (Å²) in [6.45, 7) is 0.416. The maximum atomic E-state index is 13.9. The van der Waals surface area contributed by atoms with E-state index in [2.05, 4.69) is 10.3 Å². The zero-order chi connectivity index (χ0) is 14.8. The lowest BCUT2D eigenvalue weighted by Gasteiger charge is -2.09. The van der Waals surface area contributed by atoms with Crippen molar-refractivity contribution in [2.24, 2.45) is 0 Å². The Bertz CT molecular complexity index is 717. The minimum absolute atomic E-state index is 0.0214. The maximum absolute atomic E-state index is 13.9. The Hall–Kier alpha value is -1.99. The normalized spacial score (nSPS) is 11.2. The third-order valence-corrected chi connectivity index (χ3v) is 3.72. The molecular weight excluding hydrogens is 296 g/mol. The zero-order valence-electron chi connectivity index (χ0n) is 11.3. The first-order valence-corrected chi connectivity index (χ1v) is 7.21. The van der Waals surface area contributed by atoms with Crippen LogP contribution in [0.3, 0.4) is 0 Å². The topological polar surface area (TPSA) is 38.6 Å². The second-order valence-corrected chi connectivity index (χ2v) is 5.41. The van der Waals surface area contributed by atoms with E-state index in [0.29, 0.717) is 17.8 Å². The van der Waals surface area contributed by atoms with E-state index in [1.807, 2.05) is 16.0 Å². The van der Waals surface area contributed by atoms with Crippen molar-refractivity contribution in [3.8, 4) is 5.75 Å². The fourth-order valence-electron chi connectivity index (χ4n) is 2.05. The Labute approximate surface area is 124 Å². The van der Waals surface area contributed by atoms with Crippen molar-refractivity contribution >= 4 is 16.3 Å². The number of thiazole rings is 1. The molecule has 0 spiro atoms. The molecule has 1 aromatic carbocycles. The molecule has 0 saturated heterocycles. The second-order valence-electron chi connectivity index (χ2n) is 4.53. The summed E-state index contributed by atoms with van der Waals surface area (Å²) in [5.74, 6) is -1.78. The highest BCUT2D eigenvalue weighted by atomic mass is 32.1. The molecule has 1 N–H and O–H groups in total. The van der Waals surface area contributed by atoms with E-state index >= 15 is 0 Å². The molecule has 0 fully saturated rings. The first-order chi connectivity index (χ1) is 10.2. The minimum Gasteiger partial charge on any atom is -0.481 e. The number of fused-ring (bicyclic) bond motifs is 1. The van der Waals surface area contributed by atoms with Gasteiger partial charge in [-0.05, 0) is 24.7 Å². The van der Waals surface area contributed by atoms with Crippen LogP contribution in [0.1, 0.15) is 11.3 Å². The van der Waals surface area contributed by atoms with Crippen LogP contribution in [0.4, 0.5) is 8.78 Å². The van der Waals surface area contributed by atoms with Gasteiger partial charge in [-0.25, -0.2) is 13.8 Å². The third-order valence-electron chi connectivity index (χ3n) is 2.95. The highest BCUT2D eigenvalue weighted by molar-refractivity contribution is 7.15. The van der Waals surface area contributed by atoms with E-state index < -0.39 is 11.6 Å². The number of halogens is 2. The molecule has 0 aliphatic rings. The molecule has 0 saturated carbocycles. The van der Waals surface area contributed by atoms with E-state index in [-0.39, 0.29) is 12.4 Å². The molecule has 3 aromatic rings. The first-order valence-electron chi connectivity index (χ1n) is 6.34. The van der Waals surface area contributed by atoms with Crippen molar-refractivity contribution in [3.05, 3.63) is 52.8 Å².